The second-order valence-electron chi connectivity index (χ2n) is 6.07. The highest BCUT2D eigenvalue weighted by atomic mass is 16.2. The van der Waals surface area contributed by atoms with Crippen molar-refractivity contribution in [3.8, 4) is 0 Å². The summed E-state index contributed by atoms with van der Waals surface area (Å²) in [5.41, 5.74) is 5.69. The fourth-order valence-electron chi connectivity index (χ4n) is 2.41. The Labute approximate surface area is 106 Å². The predicted octanol–water partition coefficient (Wildman–Crippen LogP) is 2.54. The number of nitrogens with two attached hydrogens (primary N) is 1. The van der Waals surface area contributed by atoms with Gasteiger partial charge in [0.15, 0.2) is 0 Å². The molecule has 0 aromatic heterocycles. The molecule has 1 unspecified atom stereocenters. The van der Waals surface area contributed by atoms with Crippen molar-refractivity contribution >= 4 is 5.91 Å². The van der Waals surface area contributed by atoms with Gasteiger partial charge < -0.3 is 10.6 Å². The number of amides is 1. The molecule has 0 aliphatic carbocycles. The van der Waals surface area contributed by atoms with E-state index in [0.717, 1.165) is 31.8 Å². The number of nitrogens with zero attached hydrogens (tertiary/aromatic N) is 1. The van der Waals surface area contributed by atoms with E-state index < -0.39 is 0 Å². The van der Waals surface area contributed by atoms with Crippen molar-refractivity contribution < 1.29 is 4.79 Å². The molecule has 1 amide bonds. The fourth-order valence-corrected chi connectivity index (χ4v) is 2.41. The van der Waals surface area contributed by atoms with Crippen LogP contribution in [0.3, 0.4) is 0 Å². The van der Waals surface area contributed by atoms with Crippen LogP contribution in [0.15, 0.2) is 0 Å². The summed E-state index contributed by atoms with van der Waals surface area (Å²) in [6, 6.07) is 0. The van der Waals surface area contributed by atoms with Gasteiger partial charge in [-0.25, -0.2) is 0 Å². The van der Waals surface area contributed by atoms with Crippen molar-refractivity contribution in [2.45, 2.75) is 64.8 Å². The van der Waals surface area contributed by atoms with Gasteiger partial charge in [-0.1, -0.05) is 13.3 Å². The Morgan fingerprint density at radius 3 is 2.65 bits per heavy atom. The van der Waals surface area contributed by atoms with E-state index in [1.54, 1.807) is 0 Å². The van der Waals surface area contributed by atoms with Crippen LogP contribution in [0.2, 0.25) is 0 Å². The lowest BCUT2D eigenvalue weighted by atomic mass is 9.98. The van der Waals surface area contributed by atoms with E-state index in [-0.39, 0.29) is 5.54 Å². The number of likely N-dealkylation sites (tertiary alicyclic amines) is 1. The highest BCUT2D eigenvalue weighted by molar-refractivity contribution is 5.76. The maximum absolute atomic E-state index is 12.1. The summed E-state index contributed by atoms with van der Waals surface area (Å²) in [4.78, 5) is 14.1. The van der Waals surface area contributed by atoms with Crippen molar-refractivity contribution in [1.29, 1.82) is 0 Å². The molecular weight excluding hydrogens is 212 g/mol. The molecule has 3 nitrogen and oxygen atoms in total. The standard InChI is InChI=1S/C14H28N2O/c1-4-12-6-5-10-16(11-8-12)13(17)7-9-14(2,3)15/h12H,4-11,15H2,1-3H3. The molecule has 1 aliphatic rings. The van der Waals surface area contributed by atoms with Gasteiger partial charge in [-0.3, -0.25) is 4.79 Å². The zero-order valence-corrected chi connectivity index (χ0v) is 11.7. The molecule has 1 saturated heterocycles. The molecular formula is C14H28N2O. The van der Waals surface area contributed by atoms with Crippen LogP contribution in [0.5, 0.6) is 0 Å². The maximum atomic E-state index is 12.1. The first-order valence-electron chi connectivity index (χ1n) is 6.99. The monoisotopic (exact) mass is 240 g/mol. The molecule has 0 aromatic carbocycles. The van der Waals surface area contributed by atoms with Gasteiger partial charge in [0, 0.05) is 25.0 Å². The first-order chi connectivity index (χ1) is 7.92. The molecule has 0 radical (unpaired) electrons. The average Bonchev–Trinajstić information content (AvgIpc) is 2.49. The number of carbonyl (C=O) groups excluding carboxylic acids is 1. The highest BCUT2D eigenvalue weighted by Crippen LogP contribution is 2.21. The third-order valence-corrected chi connectivity index (χ3v) is 3.76. The summed E-state index contributed by atoms with van der Waals surface area (Å²) in [5, 5.41) is 0. The Morgan fingerprint density at radius 1 is 1.35 bits per heavy atom. The summed E-state index contributed by atoms with van der Waals surface area (Å²) in [6.07, 6.45) is 6.24. The Morgan fingerprint density at radius 2 is 2.06 bits per heavy atom. The van der Waals surface area contributed by atoms with Gasteiger partial charge in [-0.15, -0.1) is 0 Å². The van der Waals surface area contributed by atoms with E-state index in [9.17, 15) is 4.79 Å². The van der Waals surface area contributed by atoms with E-state index in [1.165, 1.54) is 19.3 Å². The molecule has 0 spiro atoms. The number of hydrogen-bond acceptors (Lipinski definition) is 2. The van der Waals surface area contributed by atoms with Crippen molar-refractivity contribution in [2.75, 3.05) is 13.1 Å². The molecule has 100 valence electrons. The molecule has 3 heteroatoms. The summed E-state index contributed by atoms with van der Waals surface area (Å²) in [5.74, 6) is 1.11. The predicted molar refractivity (Wildman–Crippen MR) is 71.7 cm³/mol. The van der Waals surface area contributed by atoms with E-state index >= 15 is 0 Å². The first kappa shape index (κ1) is 14.5. The first-order valence-corrected chi connectivity index (χ1v) is 6.99. The van der Waals surface area contributed by atoms with Gasteiger partial charge in [0.05, 0.1) is 0 Å². The third kappa shape index (κ3) is 5.53. The molecule has 1 rings (SSSR count). The summed E-state index contributed by atoms with van der Waals surface area (Å²) < 4.78 is 0. The van der Waals surface area contributed by atoms with Gasteiger partial charge in [0.25, 0.3) is 0 Å². The van der Waals surface area contributed by atoms with Gasteiger partial charge in [0.2, 0.25) is 5.91 Å². The van der Waals surface area contributed by atoms with E-state index in [1.807, 2.05) is 18.7 Å². The van der Waals surface area contributed by atoms with Crippen LogP contribution in [0.1, 0.15) is 59.3 Å². The van der Waals surface area contributed by atoms with E-state index in [4.69, 9.17) is 5.73 Å². The van der Waals surface area contributed by atoms with Crippen molar-refractivity contribution in [3.63, 3.8) is 0 Å². The molecule has 1 aliphatic heterocycles. The van der Waals surface area contributed by atoms with Crippen LogP contribution >= 0.6 is 0 Å². The number of rotatable bonds is 4. The zero-order valence-electron chi connectivity index (χ0n) is 11.7. The van der Waals surface area contributed by atoms with Crippen LogP contribution in [-0.2, 0) is 4.79 Å². The minimum Gasteiger partial charge on any atom is -0.343 e. The topological polar surface area (TPSA) is 46.3 Å². The van der Waals surface area contributed by atoms with Crippen LogP contribution < -0.4 is 5.73 Å². The molecule has 1 atom stereocenters. The van der Waals surface area contributed by atoms with E-state index in [2.05, 4.69) is 6.92 Å². The second-order valence-corrected chi connectivity index (χ2v) is 6.07. The lowest BCUT2D eigenvalue weighted by Gasteiger charge is -2.23. The summed E-state index contributed by atoms with van der Waals surface area (Å²) in [6.45, 7) is 8.10. The van der Waals surface area contributed by atoms with Crippen molar-refractivity contribution in [1.82, 2.24) is 4.90 Å². The van der Waals surface area contributed by atoms with Crippen LogP contribution in [0, 0.1) is 5.92 Å². The average molecular weight is 240 g/mol. The lowest BCUT2D eigenvalue weighted by molar-refractivity contribution is -0.131. The lowest BCUT2D eigenvalue weighted by Crippen LogP contribution is -2.36. The quantitative estimate of drug-likeness (QED) is 0.821. The van der Waals surface area contributed by atoms with Crippen molar-refractivity contribution in [2.24, 2.45) is 11.7 Å². The Hall–Kier alpha value is -0.570. The normalized spacial score (nSPS) is 22.4. The van der Waals surface area contributed by atoms with Gasteiger partial charge >= 0.3 is 0 Å². The minimum atomic E-state index is -0.229. The van der Waals surface area contributed by atoms with Gasteiger partial charge in [-0.2, -0.15) is 0 Å². The molecule has 2 N–H and O–H groups in total. The molecule has 0 saturated carbocycles. The fraction of sp³-hybridized carbons (Fsp3) is 0.929. The molecule has 0 aromatic rings. The largest absolute Gasteiger partial charge is 0.343 e. The second kappa shape index (κ2) is 6.39. The number of hydrogen-bond donors (Lipinski definition) is 1. The molecule has 0 bridgehead atoms. The molecule has 1 heterocycles. The van der Waals surface area contributed by atoms with E-state index in [0.29, 0.717) is 12.3 Å². The third-order valence-electron chi connectivity index (χ3n) is 3.76. The summed E-state index contributed by atoms with van der Waals surface area (Å²) in [7, 11) is 0. The highest BCUT2D eigenvalue weighted by Gasteiger charge is 2.21. The molecule has 1 fully saturated rings. The maximum Gasteiger partial charge on any atom is 0.222 e. The number of carbonyl (C=O) groups is 1. The van der Waals surface area contributed by atoms with Gasteiger partial charge in [0.1, 0.15) is 0 Å². The van der Waals surface area contributed by atoms with Gasteiger partial charge in [-0.05, 0) is 45.4 Å². The summed E-state index contributed by atoms with van der Waals surface area (Å²) >= 11 is 0. The smallest absolute Gasteiger partial charge is 0.222 e. The van der Waals surface area contributed by atoms with Crippen LogP contribution in [0.4, 0.5) is 0 Å². The molecule has 17 heavy (non-hydrogen) atoms. The minimum absolute atomic E-state index is 0.229. The Bertz CT molecular complexity index is 245. The van der Waals surface area contributed by atoms with Crippen LogP contribution in [0.25, 0.3) is 0 Å². The Kier molecular flexibility index (Phi) is 5.44. The Balaban J connectivity index is 2.36. The van der Waals surface area contributed by atoms with Crippen LogP contribution in [-0.4, -0.2) is 29.4 Å². The van der Waals surface area contributed by atoms with Crippen molar-refractivity contribution in [3.05, 3.63) is 0 Å². The zero-order chi connectivity index (χ0) is 12.9. The SMILES string of the molecule is CCC1CCCN(C(=O)CCC(C)(C)N)CC1.